The van der Waals surface area contributed by atoms with Crippen molar-refractivity contribution in [2.24, 2.45) is 5.92 Å². The molecule has 1 aliphatic heterocycles. The average Bonchev–Trinajstić information content (AvgIpc) is 2.92. The van der Waals surface area contributed by atoms with Crippen molar-refractivity contribution in [3.63, 3.8) is 0 Å². The summed E-state index contributed by atoms with van der Waals surface area (Å²) in [4.78, 5) is 24.5. The molecule has 3 rings (SSSR count). The van der Waals surface area contributed by atoms with Crippen LogP contribution in [0.25, 0.3) is 0 Å². The Hall–Kier alpha value is -2.25. The van der Waals surface area contributed by atoms with Crippen LogP contribution in [0.15, 0.2) is 24.3 Å². The summed E-state index contributed by atoms with van der Waals surface area (Å²) in [6, 6.07) is 3.81. The number of aliphatic hydroxyl groups is 3. The van der Waals surface area contributed by atoms with Gasteiger partial charge in [-0.05, 0) is 55.9 Å². The maximum Gasteiger partial charge on any atom is 0.459 e. The van der Waals surface area contributed by atoms with Gasteiger partial charge in [0.25, 0.3) is 0 Å². The van der Waals surface area contributed by atoms with Crippen LogP contribution in [0.2, 0.25) is 0 Å². The maximum absolute atomic E-state index is 14.1. The third-order valence-corrected chi connectivity index (χ3v) is 8.37. The Morgan fingerprint density at radius 3 is 2.25 bits per heavy atom. The number of carbonyl (C=O) groups excluding carboxylic acids is 2. The summed E-state index contributed by atoms with van der Waals surface area (Å²) >= 11 is 0. The first kappa shape index (κ1) is 32.3. The monoisotopic (exact) mass is 588 g/mol. The van der Waals surface area contributed by atoms with E-state index in [1.165, 1.54) is 26.2 Å². The summed E-state index contributed by atoms with van der Waals surface area (Å²) in [6.45, 7) is 4.08. The van der Waals surface area contributed by atoms with E-state index < -0.39 is 62.9 Å². The number of ether oxygens (including phenoxy) is 3. The molecule has 226 valence electrons. The minimum absolute atomic E-state index is 0.135. The molecule has 40 heavy (non-hydrogen) atoms. The van der Waals surface area contributed by atoms with Crippen molar-refractivity contribution < 1.29 is 52.7 Å². The fourth-order valence-corrected chi connectivity index (χ4v) is 6.24. The van der Waals surface area contributed by atoms with Gasteiger partial charge in [0.15, 0.2) is 6.29 Å². The van der Waals surface area contributed by atoms with Crippen molar-refractivity contribution in [1.29, 1.82) is 0 Å². The molecule has 1 aliphatic carbocycles. The van der Waals surface area contributed by atoms with E-state index >= 15 is 0 Å². The third kappa shape index (κ3) is 8.87. The second-order valence-corrected chi connectivity index (χ2v) is 12.1. The Balaban J connectivity index is 1.78. The molecule has 14 heteroatoms. The first-order valence-corrected chi connectivity index (χ1v) is 15.0. The number of aliphatic hydroxyl groups excluding tert-OH is 3. The Morgan fingerprint density at radius 2 is 1.68 bits per heavy atom. The Bertz CT molecular complexity index is 1020. The molecular formula is C26H41N2O11P. The van der Waals surface area contributed by atoms with Gasteiger partial charge in [0.05, 0.1) is 13.7 Å². The summed E-state index contributed by atoms with van der Waals surface area (Å²) in [6.07, 6.45) is -1.95. The van der Waals surface area contributed by atoms with Crippen LogP contribution >= 0.6 is 7.75 Å². The van der Waals surface area contributed by atoms with Crippen LogP contribution in [0.3, 0.4) is 0 Å². The van der Waals surface area contributed by atoms with Crippen molar-refractivity contribution >= 4 is 19.6 Å². The molecule has 7 atom stereocenters. The number of hydrogen-bond donors (Lipinski definition) is 5. The molecule has 0 bridgehead atoms. The minimum atomic E-state index is -4.37. The first-order chi connectivity index (χ1) is 18.9. The van der Waals surface area contributed by atoms with E-state index in [2.05, 4.69) is 10.4 Å². The number of carbonyl (C=O) groups is 2. The lowest BCUT2D eigenvalue weighted by atomic mass is 9.97. The van der Waals surface area contributed by atoms with Gasteiger partial charge in [-0.2, -0.15) is 5.09 Å². The molecule has 1 unspecified atom stereocenters. The lowest BCUT2D eigenvalue weighted by molar-refractivity contribution is -0.252. The molecule has 2 aliphatic rings. The molecule has 1 aromatic rings. The van der Waals surface area contributed by atoms with E-state index in [0.29, 0.717) is 5.75 Å². The van der Waals surface area contributed by atoms with E-state index in [1.54, 1.807) is 26.0 Å². The number of rotatable bonds is 12. The van der Waals surface area contributed by atoms with Gasteiger partial charge in [0.2, 0.25) is 5.91 Å². The highest BCUT2D eigenvalue weighted by atomic mass is 31.2. The molecule has 13 nitrogen and oxygen atoms in total. The summed E-state index contributed by atoms with van der Waals surface area (Å²) < 4.78 is 41.6. The Kier molecular flexibility index (Phi) is 11.8. The number of esters is 1. The zero-order chi connectivity index (χ0) is 29.4. The third-order valence-electron chi connectivity index (χ3n) is 6.84. The van der Waals surface area contributed by atoms with Crippen LogP contribution in [-0.4, -0.2) is 83.7 Å². The van der Waals surface area contributed by atoms with Crippen LogP contribution in [0.1, 0.15) is 52.9 Å². The molecular weight excluding hydrogens is 547 g/mol. The van der Waals surface area contributed by atoms with E-state index in [4.69, 9.17) is 23.3 Å². The Labute approximate surface area is 234 Å². The van der Waals surface area contributed by atoms with Crippen molar-refractivity contribution in [1.82, 2.24) is 10.4 Å². The van der Waals surface area contributed by atoms with Crippen molar-refractivity contribution in [3.05, 3.63) is 24.3 Å². The molecule has 0 radical (unpaired) electrons. The van der Waals surface area contributed by atoms with Gasteiger partial charge in [-0.3, -0.25) is 14.1 Å². The zero-order valence-electron chi connectivity index (χ0n) is 23.2. The summed E-state index contributed by atoms with van der Waals surface area (Å²) in [5, 5.41) is 36.3. The Morgan fingerprint density at radius 1 is 1.05 bits per heavy atom. The van der Waals surface area contributed by atoms with Crippen molar-refractivity contribution in [2.45, 2.75) is 95.7 Å². The number of nitrogens with one attached hydrogen (secondary N) is 2. The normalized spacial score (nSPS) is 27.9. The second kappa shape index (κ2) is 14.6. The highest BCUT2D eigenvalue weighted by Crippen LogP contribution is 2.46. The summed E-state index contributed by atoms with van der Waals surface area (Å²) in [5.74, 6) is -0.846. The van der Waals surface area contributed by atoms with Gasteiger partial charge in [-0.25, -0.2) is 4.57 Å². The molecule has 0 aromatic heterocycles. The maximum atomic E-state index is 14.1. The highest BCUT2D eigenvalue weighted by molar-refractivity contribution is 7.52. The van der Waals surface area contributed by atoms with Gasteiger partial charge in [0, 0.05) is 6.92 Å². The largest absolute Gasteiger partial charge is 0.497 e. The van der Waals surface area contributed by atoms with Crippen LogP contribution in [-0.2, 0) is 28.2 Å². The summed E-state index contributed by atoms with van der Waals surface area (Å²) in [5.41, 5.74) is 0. The van der Waals surface area contributed by atoms with E-state index in [0.717, 1.165) is 32.1 Å². The lowest BCUT2D eigenvalue weighted by Gasteiger charge is -2.41. The predicted molar refractivity (Wildman–Crippen MR) is 142 cm³/mol. The highest BCUT2D eigenvalue weighted by Gasteiger charge is 2.46. The SMILES string of the molecule is COc1ccc(OP(=O)(N[C@H](C(=O)OC2CCCCC2)C(C)C)OC[C@H]2O[C@H](O)[C@H](NC(C)=O)[C@@H](O)[C@@H]2O)cc1. The second-order valence-electron chi connectivity index (χ2n) is 10.4. The molecule has 1 heterocycles. The number of methoxy groups -OCH3 is 1. The predicted octanol–water partition coefficient (Wildman–Crippen LogP) is 1.63. The van der Waals surface area contributed by atoms with Crippen LogP contribution in [0.4, 0.5) is 0 Å². The topological polar surface area (TPSA) is 182 Å². The average molecular weight is 589 g/mol. The number of hydrogen-bond acceptors (Lipinski definition) is 11. The van der Waals surface area contributed by atoms with Crippen LogP contribution < -0.4 is 19.7 Å². The van der Waals surface area contributed by atoms with Crippen molar-refractivity contribution in [3.8, 4) is 11.5 Å². The van der Waals surface area contributed by atoms with E-state index in [9.17, 15) is 29.5 Å². The van der Waals surface area contributed by atoms with Gasteiger partial charge in [-0.15, -0.1) is 0 Å². The molecule has 0 spiro atoms. The van der Waals surface area contributed by atoms with Gasteiger partial charge in [0.1, 0.15) is 48.0 Å². The van der Waals surface area contributed by atoms with Crippen molar-refractivity contribution in [2.75, 3.05) is 13.7 Å². The fourth-order valence-electron chi connectivity index (χ4n) is 4.58. The smallest absolute Gasteiger partial charge is 0.459 e. The summed E-state index contributed by atoms with van der Waals surface area (Å²) in [7, 11) is -2.88. The van der Waals surface area contributed by atoms with E-state index in [-0.39, 0.29) is 17.8 Å². The number of amides is 1. The van der Waals surface area contributed by atoms with E-state index in [1.807, 2.05) is 0 Å². The van der Waals surface area contributed by atoms with Gasteiger partial charge < -0.3 is 39.4 Å². The molecule has 1 saturated carbocycles. The molecule has 1 saturated heterocycles. The van der Waals surface area contributed by atoms with Gasteiger partial charge in [-0.1, -0.05) is 20.3 Å². The molecule has 1 amide bonds. The molecule has 2 fully saturated rings. The zero-order valence-corrected chi connectivity index (χ0v) is 24.1. The first-order valence-electron chi connectivity index (χ1n) is 13.5. The van der Waals surface area contributed by atoms with Crippen LogP contribution in [0.5, 0.6) is 11.5 Å². The molecule has 5 N–H and O–H groups in total. The van der Waals surface area contributed by atoms with Crippen LogP contribution in [0, 0.1) is 5.92 Å². The molecule has 1 aromatic carbocycles. The number of benzene rings is 1. The fraction of sp³-hybridized carbons (Fsp3) is 0.692. The standard InChI is InChI=1S/C26H41N2O11P/c1-15(2)21(25(32)37-18-8-6-5-7-9-18)28-40(34,39-19-12-10-17(35-4)11-13-19)36-14-20-23(30)24(31)22(26(33)38-20)27-16(3)29/h10-13,15,18,20-24,26,30-31,33H,5-9,14H2,1-4H3,(H,27,29)(H,28,34)/t20-,21+,22-,23-,24-,26+,40?/m1/s1. The lowest BCUT2D eigenvalue weighted by Crippen LogP contribution is -2.64. The minimum Gasteiger partial charge on any atom is -0.497 e. The quantitative estimate of drug-likeness (QED) is 0.176. The van der Waals surface area contributed by atoms with Gasteiger partial charge >= 0.3 is 13.7 Å².